The SMILES string of the molecule is CN(C)C(=O)c1cccc(N2CCN(C3CCC(CN)(c4cccc(Cl)c4)CC3)C2=O)c1. The molecule has 1 aliphatic carbocycles. The number of amides is 3. The maximum atomic E-state index is 13.3. The van der Waals surface area contributed by atoms with Gasteiger partial charge in [0.05, 0.1) is 0 Å². The third-order valence-corrected chi connectivity index (χ3v) is 7.27. The van der Waals surface area contributed by atoms with E-state index in [2.05, 4.69) is 6.07 Å². The van der Waals surface area contributed by atoms with Crippen LogP contribution in [0, 0.1) is 0 Å². The Hall–Kier alpha value is -2.57. The van der Waals surface area contributed by atoms with Crippen LogP contribution in [0.3, 0.4) is 0 Å². The van der Waals surface area contributed by atoms with E-state index in [0.717, 1.165) is 36.4 Å². The number of rotatable bonds is 5. The van der Waals surface area contributed by atoms with Gasteiger partial charge in [-0.1, -0.05) is 29.8 Å². The molecule has 0 spiro atoms. The molecule has 2 fully saturated rings. The molecule has 2 aromatic carbocycles. The third kappa shape index (κ3) is 4.21. The smallest absolute Gasteiger partial charge is 0.324 e. The second-order valence-corrected chi connectivity index (χ2v) is 9.54. The first kappa shape index (κ1) is 22.6. The van der Waals surface area contributed by atoms with Crippen LogP contribution in [-0.4, -0.2) is 61.5 Å². The molecule has 2 aliphatic rings. The Labute approximate surface area is 194 Å². The number of carbonyl (C=O) groups excluding carboxylic acids is 2. The molecule has 0 bridgehead atoms. The molecule has 0 aromatic heterocycles. The summed E-state index contributed by atoms with van der Waals surface area (Å²) in [5.41, 5.74) is 8.72. The van der Waals surface area contributed by atoms with Crippen LogP contribution >= 0.6 is 11.6 Å². The molecule has 1 aliphatic heterocycles. The van der Waals surface area contributed by atoms with E-state index in [1.54, 1.807) is 30.0 Å². The van der Waals surface area contributed by atoms with E-state index in [9.17, 15) is 9.59 Å². The van der Waals surface area contributed by atoms with Crippen LogP contribution in [0.5, 0.6) is 0 Å². The quantitative estimate of drug-likeness (QED) is 0.738. The zero-order valence-corrected chi connectivity index (χ0v) is 19.5. The molecule has 1 saturated carbocycles. The van der Waals surface area contributed by atoms with Gasteiger partial charge in [-0.3, -0.25) is 9.69 Å². The Bertz CT molecular complexity index is 1000. The minimum absolute atomic E-state index is 0.0208. The van der Waals surface area contributed by atoms with Gasteiger partial charge in [0.25, 0.3) is 5.91 Å². The van der Waals surface area contributed by atoms with Gasteiger partial charge in [-0.05, 0) is 61.6 Å². The van der Waals surface area contributed by atoms with Gasteiger partial charge in [0, 0.05) is 61.5 Å². The largest absolute Gasteiger partial charge is 0.345 e. The summed E-state index contributed by atoms with van der Waals surface area (Å²) in [6, 6.07) is 15.6. The molecule has 170 valence electrons. The summed E-state index contributed by atoms with van der Waals surface area (Å²) in [6.07, 6.45) is 3.71. The molecular weight excluding hydrogens is 424 g/mol. The highest BCUT2D eigenvalue weighted by molar-refractivity contribution is 6.30. The van der Waals surface area contributed by atoms with E-state index in [1.165, 1.54) is 5.56 Å². The van der Waals surface area contributed by atoms with E-state index in [4.69, 9.17) is 17.3 Å². The first-order chi connectivity index (χ1) is 15.3. The Morgan fingerprint density at radius 2 is 1.84 bits per heavy atom. The van der Waals surface area contributed by atoms with Crippen molar-refractivity contribution in [1.82, 2.24) is 9.80 Å². The number of anilines is 1. The van der Waals surface area contributed by atoms with Crippen LogP contribution in [0.2, 0.25) is 5.02 Å². The van der Waals surface area contributed by atoms with Gasteiger partial charge in [0.2, 0.25) is 0 Å². The maximum Gasteiger partial charge on any atom is 0.324 e. The van der Waals surface area contributed by atoms with Crippen molar-refractivity contribution in [3.05, 3.63) is 64.7 Å². The number of nitrogens with two attached hydrogens (primary N) is 1. The minimum atomic E-state index is -0.0786. The van der Waals surface area contributed by atoms with Crippen molar-refractivity contribution in [3.8, 4) is 0 Å². The lowest BCUT2D eigenvalue weighted by Gasteiger charge is -2.42. The number of urea groups is 1. The number of carbonyl (C=O) groups is 2. The van der Waals surface area contributed by atoms with Crippen molar-refractivity contribution >= 4 is 29.2 Å². The molecule has 7 heteroatoms. The highest BCUT2D eigenvalue weighted by Gasteiger charge is 2.41. The number of halogens is 1. The molecule has 2 aromatic rings. The normalized spacial score (nSPS) is 23.5. The fourth-order valence-corrected chi connectivity index (χ4v) is 5.28. The number of hydrogen-bond donors (Lipinski definition) is 1. The molecule has 0 radical (unpaired) electrons. The predicted molar refractivity (Wildman–Crippen MR) is 128 cm³/mol. The molecule has 32 heavy (non-hydrogen) atoms. The van der Waals surface area contributed by atoms with E-state index in [0.29, 0.717) is 25.2 Å². The molecule has 0 atom stereocenters. The van der Waals surface area contributed by atoms with E-state index < -0.39 is 0 Å². The summed E-state index contributed by atoms with van der Waals surface area (Å²) in [5.74, 6) is -0.0678. The lowest BCUT2D eigenvalue weighted by Crippen LogP contribution is -2.46. The van der Waals surface area contributed by atoms with Crippen molar-refractivity contribution in [2.45, 2.75) is 37.1 Å². The lowest BCUT2D eigenvalue weighted by atomic mass is 9.68. The standard InChI is InChI=1S/C25H31ClN4O2/c1-28(2)23(31)18-5-3-8-22(15-18)30-14-13-29(24(30)32)21-9-11-25(17-27,12-10-21)19-6-4-7-20(26)16-19/h3-8,15-16,21H,9-14,17,27H2,1-2H3. The van der Waals surface area contributed by atoms with E-state index >= 15 is 0 Å². The average Bonchev–Trinajstić information content (AvgIpc) is 3.19. The minimum Gasteiger partial charge on any atom is -0.345 e. The second-order valence-electron chi connectivity index (χ2n) is 9.10. The summed E-state index contributed by atoms with van der Waals surface area (Å²) in [5, 5.41) is 0.734. The summed E-state index contributed by atoms with van der Waals surface area (Å²) >= 11 is 6.23. The average molecular weight is 455 g/mol. The maximum absolute atomic E-state index is 13.3. The first-order valence-corrected chi connectivity index (χ1v) is 11.6. The van der Waals surface area contributed by atoms with Crippen molar-refractivity contribution in [3.63, 3.8) is 0 Å². The van der Waals surface area contributed by atoms with Crippen LogP contribution in [0.15, 0.2) is 48.5 Å². The Morgan fingerprint density at radius 1 is 1.12 bits per heavy atom. The highest BCUT2D eigenvalue weighted by Crippen LogP contribution is 2.41. The molecule has 3 amide bonds. The fraction of sp³-hybridized carbons (Fsp3) is 0.440. The van der Waals surface area contributed by atoms with E-state index in [1.807, 2.05) is 41.3 Å². The van der Waals surface area contributed by atoms with Crippen LogP contribution in [0.1, 0.15) is 41.6 Å². The zero-order valence-electron chi connectivity index (χ0n) is 18.8. The van der Waals surface area contributed by atoms with Crippen LogP contribution in [-0.2, 0) is 5.41 Å². The first-order valence-electron chi connectivity index (χ1n) is 11.2. The molecular formula is C25H31ClN4O2. The molecule has 4 rings (SSSR count). The van der Waals surface area contributed by atoms with Gasteiger partial charge < -0.3 is 15.5 Å². The second kappa shape index (κ2) is 9.12. The van der Waals surface area contributed by atoms with Gasteiger partial charge >= 0.3 is 6.03 Å². The lowest BCUT2D eigenvalue weighted by molar-refractivity contribution is 0.0827. The summed E-state index contributed by atoms with van der Waals surface area (Å²) in [6.45, 7) is 1.90. The van der Waals surface area contributed by atoms with Crippen LogP contribution in [0.25, 0.3) is 0 Å². The van der Waals surface area contributed by atoms with Crippen molar-refractivity contribution in [1.29, 1.82) is 0 Å². The van der Waals surface area contributed by atoms with Gasteiger partial charge in [-0.25, -0.2) is 4.79 Å². The van der Waals surface area contributed by atoms with Crippen LogP contribution in [0.4, 0.5) is 10.5 Å². The molecule has 1 heterocycles. The highest BCUT2D eigenvalue weighted by atomic mass is 35.5. The monoisotopic (exact) mass is 454 g/mol. The number of benzene rings is 2. The topological polar surface area (TPSA) is 69.9 Å². The Balaban J connectivity index is 1.45. The number of hydrogen-bond acceptors (Lipinski definition) is 3. The Morgan fingerprint density at radius 3 is 2.50 bits per heavy atom. The van der Waals surface area contributed by atoms with Gasteiger partial charge in [0.15, 0.2) is 0 Å². The third-order valence-electron chi connectivity index (χ3n) is 7.03. The van der Waals surface area contributed by atoms with Crippen LogP contribution < -0.4 is 10.6 Å². The molecule has 6 nitrogen and oxygen atoms in total. The van der Waals surface area contributed by atoms with E-state index in [-0.39, 0.29) is 23.4 Å². The van der Waals surface area contributed by atoms with Crippen molar-refractivity contribution in [2.24, 2.45) is 5.73 Å². The van der Waals surface area contributed by atoms with Crippen molar-refractivity contribution in [2.75, 3.05) is 38.6 Å². The summed E-state index contributed by atoms with van der Waals surface area (Å²) < 4.78 is 0. The summed E-state index contributed by atoms with van der Waals surface area (Å²) in [4.78, 5) is 30.9. The fourth-order valence-electron chi connectivity index (χ4n) is 5.09. The molecule has 2 N–H and O–H groups in total. The van der Waals surface area contributed by atoms with Gasteiger partial charge in [-0.15, -0.1) is 0 Å². The Kier molecular flexibility index (Phi) is 6.45. The zero-order chi connectivity index (χ0) is 22.9. The molecule has 1 saturated heterocycles. The summed E-state index contributed by atoms with van der Waals surface area (Å²) in [7, 11) is 3.46. The predicted octanol–water partition coefficient (Wildman–Crippen LogP) is 4.12. The van der Waals surface area contributed by atoms with Gasteiger partial charge in [-0.2, -0.15) is 0 Å². The van der Waals surface area contributed by atoms with Gasteiger partial charge in [0.1, 0.15) is 0 Å². The molecule has 0 unspecified atom stereocenters. The van der Waals surface area contributed by atoms with Crippen molar-refractivity contribution < 1.29 is 9.59 Å². The number of nitrogens with zero attached hydrogens (tertiary/aromatic N) is 3.